The Kier molecular flexibility index (Phi) is 2.59. The van der Waals surface area contributed by atoms with Gasteiger partial charge in [-0.15, -0.1) is 0 Å². The van der Waals surface area contributed by atoms with Crippen molar-refractivity contribution in [3.05, 3.63) is 48.5 Å². The van der Waals surface area contributed by atoms with Crippen molar-refractivity contribution in [1.29, 1.82) is 0 Å². The number of benzene rings is 2. The van der Waals surface area contributed by atoms with E-state index in [1.165, 1.54) is 0 Å². The summed E-state index contributed by atoms with van der Waals surface area (Å²) in [5.41, 5.74) is 2.14. The summed E-state index contributed by atoms with van der Waals surface area (Å²) in [7, 11) is 1.55. The Balaban J connectivity index is 2.46. The normalized spacial score (nSPS) is 9.93. The Bertz CT molecular complexity index is 449. The largest absolute Gasteiger partial charge is 0.504 e. The number of rotatable bonds is 2. The van der Waals surface area contributed by atoms with Crippen molar-refractivity contribution in [3.63, 3.8) is 0 Å². The predicted octanol–water partition coefficient (Wildman–Crippen LogP) is 3.07. The van der Waals surface area contributed by atoms with Crippen LogP contribution in [0, 0.1) is 0 Å². The van der Waals surface area contributed by atoms with E-state index in [0.717, 1.165) is 11.1 Å². The summed E-state index contributed by atoms with van der Waals surface area (Å²) in [6.07, 6.45) is 0. The number of hydrogen-bond acceptors (Lipinski definition) is 2. The van der Waals surface area contributed by atoms with Gasteiger partial charge in [-0.25, -0.2) is 0 Å². The van der Waals surface area contributed by atoms with Crippen LogP contribution in [0.4, 0.5) is 0 Å². The lowest BCUT2D eigenvalue weighted by atomic mass is 10.1. The van der Waals surface area contributed by atoms with Crippen molar-refractivity contribution in [2.24, 2.45) is 0 Å². The maximum atomic E-state index is 9.46. The van der Waals surface area contributed by atoms with Gasteiger partial charge in [0.2, 0.25) is 0 Å². The fraction of sp³-hybridized carbons (Fsp3) is 0.0769. The van der Waals surface area contributed by atoms with Crippen LogP contribution in [-0.2, 0) is 0 Å². The molecule has 0 spiro atoms. The van der Waals surface area contributed by atoms with Crippen LogP contribution in [0.25, 0.3) is 11.1 Å². The molecule has 0 aromatic heterocycles. The first kappa shape index (κ1) is 9.59. The molecule has 2 nitrogen and oxygen atoms in total. The molecule has 0 aliphatic rings. The summed E-state index contributed by atoms with van der Waals surface area (Å²) < 4.78 is 5.06. The van der Waals surface area contributed by atoms with Gasteiger partial charge in [-0.1, -0.05) is 36.4 Å². The second kappa shape index (κ2) is 4.05. The summed E-state index contributed by atoms with van der Waals surface area (Å²) in [5.74, 6) is 0.661. The topological polar surface area (TPSA) is 29.5 Å². The first-order valence-electron chi connectivity index (χ1n) is 4.73. The van der Waals surface area contributed by atoms with E-state index in [1.54, 1.807) is 13.2 Å². The first-order valence-corrected chi connectivity index (χ1v) is 4.73. The van der Waals surface area contributed by atoms with Crippen LogP contribution >= 0.6 is 0 Å². The summed E-state index contributed by atoms with van der Waals surface area (Å²) in [6.45, 7) is 0. The fourth-order valence-electron chi connectivity index (χ4n) is 1.49. The minimum atomic E-state index is 0.164. The van der Waals surface area contributed by atoms with E-state index in [4.69, 9.17) is 4.74 Å². The second-order valence-corrected chi connectivity index (χ2v) is 3.25. The molecular weight excluding hydrogens is 188 g/mol. The molecule has 0 atom stereocenters. The number of methoxy groups -OCH3 is 1. The van der Waals surface area contributed by atoms with Gasteiger partial charge in [0.25, 0.3) is 0 Å². The van der Waals surface area contributed by atoms with Crippen LogP contribution in [0.2, 0.25) is 0 Å². The van der Waals surface area contributed by atoms with Gasteiger partial charge < -0.3 is 9.84 Å². The number of phenols is 1. The molecule has 0 radical (unpaired) electrons. The van der Waals surface area contributed by atoms with Crippen molar-refractivity contribution in [3.8, 4) is 22.6 Å². The molecule has 2 aromatic rings. The third-order valence-electron chi connectivity index (χ3n) is 2.29. The van der Waals surface area contributed by atoms with Crippen LogP contribution in [0.1, 0.15) is 0 Å². The van der Waals surface area contributed by atoms with Crippen LogP contribution in [0.5, 0.6) is 11.5 Å². The number of phenolic OH excluding ortho intramolecular Hbond substituents is 1. The second-order valence-electron chi connectivity index (χ2n) is 3.25. The lowest BCUT2D eigenvalue weighted by Crippen LogP contribution is -1.84. The highest BCUT2D eigenvalue weighted by Crippen LogP contribution is 2.31. The van der Waals surface area contributed by atoms with Crippen LogP contribution < -0.4 is 4.74 Å². The zero-order valence-corrected chi connectivity index (χ0v) is 8.47. The molecule has 0 amide bonds. The van der Waals surface area contributed by atoms with Gasteiger partial charge >= 0.3 is 0 Å². The van der Waals surface area contributed by atoms with E-state index in [9.17, 15) is 5.11 Å². The quantitative estimate of drug-likeness (QED) is 0.807. The van der Waals surface area contributed by atoms with Crippen LogP contribution in [0.15, 0.2) is 48.5 Å². The Morgan fingerprint density at radius 3 is 2.33 bits per heavy atom. The van der Waals surface area contributed by atoms with Gasteiger partial charge in [0.1, 0.15) is 0 Å². The van der Waals surface area contributed by atoms with Gasteiger partial charge in [-0.05, 0) is 23.3 Å². The maximum Gasteiger partial charge on any atom is 0.161 e. The summed E-state index contributed by atoms with van der Waals surface area (Å²) in [6, 6.07) is 15.3. The summed E-state index contributed by atoms with van der Waals surface area (Å²) in [5, 5.41) is 9.46. The van der Waals surface area contributed by atoms with Crippen molar-refractivity contribution >= 4 is 0 Å². The van der Waals surface area contributed by atoms with Gasteiger partial charge in [0.05, 0.1) is 7.11 Å². The Hall–Kier alpha value is -1.96. The Morgan fingerprint density at radius 1 is 0.933 bits per heavy atom. The molecule has 0 fully saturated rings. The van der Waals surface area contributed by atoms with E-state index in [1.807, 2.05) is 42.5 Å². The van der Waals surface area contributed by atoms with Crippen molar-refractivity contribution in [2.75, 3.05) is 7.11 Å². The molecule has 15 heavy (non-hydrogen) atoms. The zero-order chi connectivity index (χ0) is 10.7. The lowest BCUT2D eigenvalue weighted by molar-refractivity contribution is 0.373. The van der Waals surface area contributed by atoms with Crippen molar-refractivity contribution < 1.29 is 9.84 Å². The highest BCUT2D eigenvalue weighted by Gasteiger charge is 2.03. The Morgan fingerprint density at radius 2 is 1.67 bits per heavy atom. The van der Waals surface area contributed by atoms with E-state index in [-0.39, 0.29) is 5.75 Å². The van der Waals surface area contributed by atoms with Crippen LogP contribution in [-0.4, -0.2) is 12.2 Å². The number of aromatic hydroxyl groups is 1. The molecule has 0 aliphatic heterocycles. The molecule has 0 saturated heterocycles. The summed E-state index contributed by atoms with van der Waals surface area (Å²) in [4.78, 5) is 0. The number of ether oxygens (including phenoxy) is 1. The van der Waals surface area contributed by atoms with E-state index in [2.05, 4.69) is 0 Å². The van der Waals surface area contributed by atoms with Gasteiger partial charge in [0, 0.05) is 0 Å². The fourth-order valence-corrected chi connectivity index (χ4v) is 1.49. The minimum absolute atomic E-state index is 0.164. The van der Waals surface area contributed by atoms with Gasteiger partial charge in [0.15, 0.2) is 11.5 Å². The third kappa shape index (κ3) is 1.94. The average Bonchev–Trinajstić information content (AvgIpc) is 2.31. The third-order valence-corrected chi connectivity index (χ3v) is 2.29. The van der Waals surface area contributed by atoms with Crippen LogP contribution in [0.3, 0.4) is 0 Å². The molecule has 0 bridgehead atoms. The molecule has 2 rings (SSSR count). The molecule has 76 valence electrons. The molecule has 0 heterocycles. The van der Waals surface area contributed by atoms with E-state index >= 15 is 0 Å². The molecule has 2 aromatic carbocycles. The molecule has 0 unspecified atom stereocenters. The molecule has 1 N–H and O–H groups in total. The monoisotopic (exact) mass is 200 g/mol. The molecule has 2 heteroatoms. The summed E-state index contributed by atoms with van der Waals surface area (Å²) >= 11 is 0. The molecular formula is C13H12O2. The highest BCUT2D eigenvalue weighted by molar-refractivity contribution is 5.66. The van der Waals surface area contributed by atoms with E-state index in [0.29, 0.717) is 5.75 Å². The van der Waals surface area contributed by atoms with Crippen molar-refractivity contribution in [1.82, 2.24) is 0 Å². The SMILES string of the molecule is COc1cc(-c2ccccc2)ccc1O. The first-order chi connectivity index (χ1) is 7.31. The van der Waals surface area contributed by atoms with Gasteiger partial charge in [-0.3, -0.25) is 0 Å². The highest BCUT2D eigenvalue weighted by atomic mass is 16.5. The minimum Gasteiger partial charge on any atom is -0.504 e. The average molecular weight is 200 g/mol. The van der Waals surface area contributed by atoms with E-state index < -0.39 is 0 Å². The maximum absolute atomic E-state index is 9.46. The lowest BCUT2D eigenvalue weighted by Gasteiger charge is -2.06. The van der Waals surface area contributed by atoms with Gasteiger partial charge in [-0.2, -0.15) is 0 Å². The zero-order valence-electron chi connectivity index (χ0n) is 8.47. The molecule has 0 aliphatic carbocycles. The Labute approximate surface area is 88.8 Å². The predicted molar refractivity (Wildman–Crippen MR) is 60.1 cm³/mol. The number of hydrogen-bond donors (Lipinski definition) is 1. The smallest absolute Gasteiger partial charge is 0.161 e. The van der Waals surface area contributed by atoms with Crippen molar-refractivity contribution in [2.45, 2.75) is 0 Å². The standard InChI is InChI=1S/C13H12O2/c1-15-13-9-11(7-8-12(13)14)10-5-3-2-4-6-10/h2-9,14H,1H3. The molecule has 0 saturated carbocycles.